The van der Waals surface area contributed by atoms with Crippen molar-refractivity contribution in [2.75, 3.05) is 20.1 Å². The number of hydrogen-bond acceptors (Lipinski definition) is 3. The van der Waals surface area contributed by atoms with E-state index < -0.39 is 0 Å². The minimum Gasteiger partial charge on any atom is -0.352 e. The van der Waals surface area contributed by atoms with Gasteiger partial charge in [0.05, 0.1) is 5.56 Å². The zero-order chi connectivity index (χ0) is 16.2. The summed E-state index contributed by atoms with van der Waals surface area (Å²) in [5.41, 5.74) is 5.56. The molecule has 0 saturated heterocycles. The molecule has 1 aromatic carbocycles. The maximum Gasteiger partial charge on any atom is 0.253 e. The fourth-order valence-corrected chi connectivity index (χ4v) is 3.00. The summed E-state index contributed by atoms with van der Waals surface area (Å²) < 4.78 is 0. The van der Waals surface area contributed by atoms with Gasteiger partial charge < -0.3 is 10.2 Å². The molecule has 1 aliphatic heterocycles. The number of likely N-dealkylation sites (N-methyl/N-ethyl adjacent to an activating group) is 1. The number of benzene rings is 1. The standard InChI is InChI=1S/C19H23N3O/c1-14-3-5-15(6-4-14)7-9-21-19(23)18-12-20-11-16-13-22(2)10-8-17(16)18/h3-6,11-12H,7-10,13H2,1-2H3,(H,21,23). The van der Waals surface area contributed by atoms with Crippen molar-refractivity contribution in [2.24, 2.45) is 0 Å². The summed E-state index contributed by atoms with van der Waals surface area (Å²) in [6.07, 6.45) is 5.34. The van der Waals surface area contributed by atoms with Gasteiger partial charge in [-0.05, 0) is 43.5 Å². The lowest BCUT2D eigenvalue weighted by molar-refractivity contribution is 0.0952. The van der Waals surface area contributed by atoms with Crippen molar-refractivity contribution in [3.05, 3.63) is 64.5 Å². The van der Waals surface area contributed by atoms with Crippen LogP contribution < -0.4 is 5.32 Å². The Bertz CT molecular complexity index is 694. The van der Waals surface area contributed by atoms with Crippen LogP contribution in [0.25, 0.3) is 0 Å². The highest BCUT2D eigenvalue weighted by Gasteiger charge is 2.20. The van der Waals surface area contributed by atoms with Crippen LogP contribution in [0.2, 0.25) is 0 Å². The van der Waals surface area contributed by atoms with Gasteiger partial charge in [0, 0.05) is 32.0 Å². The van der Waals surface area contributed by atoms with Crippen molar-refractivity contribution in [1.82, 2.24) is 15.2 Å². The van der Waals surface area contributed by atoms with Gasteiger partial charge in [-0.15, -0.1) is 0 Å². The number of nitrogens with one attached hydrogen (secondary N) is 1. The lowest BCUT2D eigenvalue weighted by Crippen LogP contribution is -2.31. The molecule has 4 heteroatoms. The van der Waals surface area contributed by atoms with E-state index >= 15 is 0 Å². The fraction of sp³-hybridized carbons (Fsp3) is 0.368. The Hall–Kier alpha value is -2.20. The molecule has 2 aromatic rings. The van der Waals surface area contributed by atoms with Crippen LogP contribution in [0.3, 0.4) is 0 Å². The van der Waals surface area contributed by atoms with E-state index in [1.165, 1.54) is 16.7 Å². The summed E-state index contributed by atoms with van der Waals surface area (Å²) in [7, 11) is 2.09. The first-order valence-electron chi connectivity index (χ1n) is 8.11. The van der Waals surface area contributed by atoms with Gasteiger partial charge in [0.25, 0.3) is 5.91 Å². The lowest BCUT2D eigenvalue weighted by Gasteiger charge is -2.26. The number of nitrogens with zero attached hydrogens (tertiary/aromatic N) is 2. The highest BCUT2D eigenvalue weighted by molar-refractivity contribution is 5.95. The van der Waals surface area contributed by atoms with Crippen LogP contribution in [0, 0.1) is 6.92 Å². The largest absolute Gasteiger partial charge is 0.352 e. The van der Waals surface area contributed by atoms with Gasteiger partial charge in [0.15, 0.2) is 0 Å². The third-order valence-corrected chi connectivity index (χ3v) is 4.39. The van der Waals surface area contributed by atoms with E-state index in [-0.39, 0.29) is 5.91 Å². The van der Waals surface area contributed by atoms with Gasteiger partial charge in [-0.2, -0.15) is 0 Å². The maximum atomic E-state index is 12.5. The van der Waals surface area contributed by atoms with Crippen LogP contribution in [-0.2, 0) is 19.4 Å². The van der Waals surface area contributed by atoms with Crippen LogP contribution in [0.4, 0.5) is 0 Å². The summed E-state index contributed by atoms with van der Waals surface area (Å²) >= 11 is 0. The number of hydrogen-bond donors (Lipinski definition) is 1. The molecule has 3 rings (SSSR count). The molecule has 23 heavy (non-hydrogen) atoms. The number of fused-ring (bicyclic) bond motifs is 1. The Morgan fingerprint density at radius 1 is 1.26 bits per heavy atom. The first kappa shape index (κ1) is 15.7. The summed E-state index contributed by atoms with van der Waals surface area (Å²) in [5, 5.41) is 3.03. The monoisotopic (exact) mass is 309 g/mol. The maximum absolute atomic E-state index is 12.5. The number of carbonyl (C=O) groups is 1. The molecule has 120 valence electrons. The molecule has 0 aliphatic carbocycles. The molecule has 0 atom stereocenters. The van der Waals surface area contributed by atoms with Gasteiger partial charge in [-0.1, -0.05) is 29.8 Å². The average molecular weight is 309 g/mol. The molecule has 0 radical (unpaired) electrons. The molecule has 2 heterocycles. The Balaban J connectivity index is 1.62. The molecule has 0 saturated carbocycles. The van der Waals surface area contributed by atoms with Gasteiger partial charge in [0.1, 0.15) is 0 Å². The predicted octanol–water partition coefficient (Wildman–Crippen LogP) is 2.35. The van der Waals surface area contributed by atoms with Crippen LogP contribution >= 0.6 is 0 Å². The van der Waals surface area contributed by atoms with Gasteiger partial charge in [0.2, 0.25) is 0 Å². The minimum atomic E-state index is -0.00832. The van der Waals surface area contributed by atoms with Crippen LogP contribution in [0.1, 0.15) is 32.6 Å². The van der Waals surface area contributed by atoms with Gasteiger partial charge >= 0.3 is 0 Å². The van der Waals surface area contributed by atoms with Crippen molar-refractivity contribution >= 4 is 5.91 Å². The smallest absolute Gasteiger partial charge is 0.253 e. The normalized spacial score (nSPS) is 14.3. The van der Waals surface area contributed by atoms with E-state index in [1.807, 2.05) is 6.20 Å². The quantitative estimate of drug-likeness (QED) is 0.943. The topological polar surface area (TPSA) is 45.2 Å². The van der Waals surface area contributed by atoms with Crippen molar-refractivity contribution < 1.29 is 4.79 Å². The molecular formula is C19H23N3O. The third-order valence-electron chi connectivity index (χ3n) is 4.39. The molecule has 1 amide bonds. The second-order valence-electron chi connectivity index (χ2n) is 6.30. The Morgan fingerprint density at radius 3 is 2.83 bits per heavy atom. The first-order valence-corrected chi connectivity index (χ1v) is 8.11. The zero-order valence-electron chi connectivity index (χ0n) is 13.8. The summed E-state index contributed by atoms with van der Waals surface area (Å²) in [6.45, 7) is 4.58. The number of rotatable bonds is 4. The Kier molecular flexibility index (Phi) is 4.72. The third kappa shape index (κ3) is 3.77. The van der Waals surface area contributed by atoms with Crippen LogP contribution in [0.5, 0.6) is 0 Å². The first-order chi connectivity index (χ1) is 11.1. The van der Waals surface area contributed by atoms with Crippen molar-refractivity contribution in [3.8, 4) is 0 Å². The molecule has 1 aliphatic rings. The average Bonchev–Trinajstić information content (AvgIpc) is 2.55. The van der Waals surface area contributed by atoms with Gasteiger partial charge in [-0.3, -0.25) is 9.78 Å². The second-order valence-corrected chi connectivity index (χ2v) is 6.30. The second kappa shape index (κ2) is 6.92. The molecule has 1 aromatic heterocycles. The van der Waals surface area contributed by atoms with E-state index in [0.29, 0.717) is 6.54 Å². The molecule has 0 bridgehead atoms. The van der Waals surface area contributed by atoms with Crippen molar-refractivity contribution in [1.29, 1.82) is 0 Å². The molecule has 1 N–H and O–H groups in total. The summed E-state index contributed by atoms with van der Waals surface area (Å²) in [4.78, 5) is 19.0. The summed E-state index contributed by atoms with van der Waals surface area (Å²) in [5.74, 6) is -0.00832. The lowest BCUT2D eigenvalue weighted by atomic mass is 9.97. The van der Waals surface area contributed by atoms with E-state index in [0.717, 1.165) is 37.1 Å². The van der Waals surface area contributed by atoms with E-state index in [9.17, 15) is 4.79 Å². The van der Waals surface area contributed by atoms with E-state index in [2.05, 4.69) is 53.4 Å². The van der Waals surface area contributed by atoms with Crippen molar-refractivity contribution in [2.45, 2.75) is 26.3 Å². The molecular weight excluding hydrogens is 286 g/mol. The SMILES string of the molecule is Cc1ccc(CCNC(=O)c2cncc3c2CCN(C)C3)cc1. The highest BCUT2D eigenvalue weighted by Crippen LogP contribution is 2.20. The van der Waals surface area contributed by atoms with Crippen molar-refractivity contribution in [3.63, 3.8) is 0 Å². The number of aromatic nitrogens is 1. The predicted molar refractivity (Wildman–Crippen MR) is 91.5 cm³/mol. The molecule has 4 nitrogen and oxygen atoms in total. The number of pyridine rings is 1. The summed E-state index contributed by atoms with van der Waals surface area (Å²) in [6, 6.07) is 8.43. The minimum absolute atomic E-state index is 0.00832. The number of carbonyl (C=O) groups excluding carboxylic acids is 1. The van der Waals surface area contributed by atoms with Crippen LogP contribution in [-0.4, -0.2) is 35.9 Å². The Morgan fingerprint density at radius 2 is 2.04 bits per heavy atom. The highest BCUT2D eigenvalue weighted by atomic mass is 16.1. The van der Waals surface area contributed by atoms with E-state index in [4.69, 9.17) is 0 Å². The molecule has 0 fully saturated rings. The van der Waals surface area contributed by atoms with Gasteiger partial charge in [-0.25, -0.2) is 0 Å². The number of aryl methyl sites for hydroxylation is 1. The van der Waals surface area contributed by atoms with Crippen LogP contribution in [0.15, 0.2) is 36.7 Å². The fourth-order valence-electron chi connectivity index (χ4n) is 3.00. The Labute approximate surface area is 137 Å². The number of amides is 1. The molecule has 0 unspecified atom stereocenters. The zero-order valence-corrected chi connectivity index (χ0v) is 13.8. The molecule has 0 spiro atoms. The van der Waals surface area contributed by atoms with E-state index in [1.54, 1.807) is 6.20 Å².